The van der Waals surface area contributed by atoms with E-state index in [0.717, 1.165) is 50.0 Å². The summed E-state index contributed by atoms with van der Waals surface area (Å²) in [6.45, 7) is 0. The van der Waals surface area contributed by atoms with Gasteiger partial charge in [-0.15, -0.1) is 0 Å². The Bertz CT molecular complexity index is 1710. The van der Waals surface area contributed by atoms with Gasteiger partial charge in [0.05, 0.1) is 28.4 Å². The molecule has 4 nitrogen and oxygen atoms in total. The molecule has 0 amide bonds. The SMILES string of the molecule is N#Cc1ncc(F)cc1-n1c2ccccc2c2c(-c3cnc4ccccc4c3)cccc21. The summed E-state index contributed by atoms with van der Waals surface area (Å²) in [5, 5.41) is 12.7. The van der Waals surface area contributed by atoms with E-state index in [9.17, 15) is 9.65 Å². The lowest BCUT2D eigenvalue weighted by molar-refractivity contribution is 0.620. The molecule has 0 saturated carbocycles. The maximum Gasteiger partial charge on any atom is 0.164 e. The minimum Gasteiger partial charge on any atom is -0.306 e. The molecule has 3 aromatic heterocycles. The number of hydrogen-bond donors (Lipinski definition) is 0. The average molecular weight is 414 g/mol. The summed E-state index contributed by atoms with van der Waals surface area (Å²) < 4.78 is 16.1. The molecule has 0 unspecified atom stereocenters. The third-order valence-corrected chi connectivity index (χ3v) is 5.78. The summed E-state index contributed by atoms with van der Waals surface area (Å²) in [6, 6.07) is 27.6. The third kappa shape index (κ3) is 2.67. The summed E-state index contributed by atoms with van der Waals surface area (Å²) in [6.07, 6.45) is 2.95. The molecule has 0 N–H and O–H groups in total. The Morgan fingerprint density at radius 3 is 2.53 bits per heavy atom. The number of benzene rings is 3. The van der Waals surface area contributed by atoms with Crippen LogP contribution in [0.2, 0.25) is 0 Å². The summed E-state index contributed by atoms with van der Waals surface area (Å²) in [5.41, 5.74) is 5.32. The van der Waals surface area contributed by atoms with Crippen LogP contribution in [0.3, 0.4) is 0 Å². The number of fused-ring (bicyclic) bond motifs is 4. The first-order valence-electron chi connectivity index (χ1n) is 10.2. The van der Waals surface area contributed by atoms with Crippen molar-refractivity contribution in [1.82, 2.24) is 14.5 Å². The average Bonchev–Trinajstić information content (AvgIpc) is 3.18. The minimum absolute atomic E-state index is 0.173. The van der Waals surface area contributed by atoms with Crippen molar-refractivity contribution in [3.8, 4) is 22.9 Å². The van der Waals surface area contributed by atoms with E-state index in [1.807, 2.05) is 71.4 Å². The predicted octanol–water partition coefficient (Wildman–Crippen LogP) is 6.40. The summed E-state index contributed by atoms with van der Waals surface area (Å²) in [5.74, 6) is -0.486. The molecule has 0 radical (unpaired) electrons. The first-order chi connectivity index (χ1) is 15.7. The molecule has 0 spiro atoms. The van der Waals surface area contributed by atoms with Gasteiger partial charge < -0.3 is 4.57 Å². The van der Waals surface area contributed by atoms with Gasteiger partial charge in [0, 0.05) is 34.0 Å². The van der Waals surface area contributed by atoms with Crippen LogP contribution in [0.1, 0.15) is 5.69 Å². The Morgan fingerprint density at radius 2 is 1.62 bits per heavy atom. The van der Waals surface area contributed by atoms with E-state index in [0.29, 0.717) is 5.69 Å². The molecular weight excluding hydrogens is 399 g/mol. The maximum atomic E-state index is 14.2. The van der Waals surface area contributed by atoms with Crippen molar-refractivity contribution in [2.75, 3.05) is 0 Å². The highest BCUT2D eigenvalue weighted by Crippen LogP contribution is 2.39. The second-order valence-electron chi connectivity index (χ2n) is 7.60. The van der Waals surface area contributed by atoms with Gasteiger partial charge in [0.1, 0.15) is 11.9 Å². The molecule has 0 bridgehead atoms. The number of hydrogen-bond acceptors (Lipinski definition) is 3. The molecule has 32 heavy (non-hydrogen) atoms. The number of pyridine rings is 2. The van der Waals surface area contributed by atoms with Crippen LogP contribution in [0.4, 0.5) is 4.39 Å². The Hall–Kier alpha value is -4.56. The Kier molecular flexibility index (Phi) is 3.99. The van der Waals surface area contributed by atoms with Gasteiger partial charge in [0.15, 0.2) is 5.69 Å². The van der Waals surface area contributed by atoms with Crippen LogP contribution in [0.25, 0.3) is 49.5 Å². The van der Waals surface area contributed by atoms with Gasteiger partial charge >= 0.3 is 0 Å². The van der Waals surface area contributed by atoms with E-state index < -0.39 is 5.82 Å². The van der Waals surface area contributed by atoms with Crippen LogP contribution in [0.15, 0.2) is 91.3 Å². The molecule has 6 rings (SSSR count). The zero-order valence-electron chi connectivity index (χ0n) is 16.8. The molecule has 0 saturated heterocycles. The molecule has 0 fully saturated rings. The van der Waals surface area contributed by atoms with Crippen molar-refractivity contribution in [2.45, 2.75) is 0 Å². The first kappa shape index (κ1) is 18.2. The van der Waals surface area contributed by atoms with E-state index in [1.165, 1.54) is 6.07 Å². The molecule has 0 aliphatic carbocycles. The van der Waals surface area contributed by atoms with Gasteiger partial charge in [-0.05, 0) is 29.8 Å². The lowest BCUT2D eigenvalue weighted by Crippen LogP contribution is -2.00. The van der Waals surface area contributed by atoms with Gasteiger partial charge in [-0.25, -0.2) is 9.37 Å². The molecular formula is C27H15FN4. The quantitative estimate of drug-likeness (QED) is 0.329. The molecule has 0 aliphatic rings. The van der Waals surface area contributed by atoms with Crippen LogP contribution in [-0.2, 0) is 0 Å². The Labute approximate surface area is 182 Å². The smallest absolute Gasteiger partial charge is 0.164 e. The standard InChI is InChI=1S/C27H15FN4/c28-19-13-26(23(14-29)31-16-19)32-24-10-4-2-7-21(24)27-20(8-5-11-25(27)32)18-12-17-6-1-3-9-22(17)30-15-18/h1-13,15-16H. The Morgan fingerprint density at radius 1 is 0.812 bits per heavy atom. The molecule has 0 aliphatic heterocycles. The van der Waals surface area contributed by atoms with Gasteiger partial charge in [0.25, 0.3) is 0 Å². The van der Waals surface area contributed by atoms with Crippen molar-refractivity contribution in [2.24, 2.45) is 0 Å². The van der Waals surface area contributed by atoms with Crippen LogP contribution in [0, 0.1) is 17.1 Å². The summed E-state index contributed by atoms with van der Waals surface area (Å²) in [7, 11) is 0. The van der Waals surface area contributed by atoms with E-state index in [-0.39, 0.29) is 5.69 Å². The second kappa shape index (κ2) is 7.00. The van der Waals surface area contributed by atoms with E-state index in [4.69, 9.17) is 0 Å². The lowest BCUT2D eigenvalue weighted by Gasteiger charge is -2.10. The number of nitrogens with zero attached hydrogens (tertiary/aromatic N) is 4. The van der Waals surface area contributed by atoms with Crippen molar-refractivity contribution >= 4 is 32.7 Å². The van der Waals surface area contributed by atoms with E-state index in [2.05, 4.69) is 28.2 Å². The number of halogens is 1. The molecule has 0 atom stereocenters. The van der Waals surface area contributed by atoms with Gasteiger partial charge in [0.2, 0.25) is 0 Å². The summed E-state index contributed by atoms with van der Waals surface area (Å²) in [4.78, 5) is 8.65. The number of para-hydroxylation sites is 2. The van der Waals surface area contributed by atoms with Gasteiger partial charge in [-0.2, -0.15) is 5.26 Å². The number of aromatic nitrogens is 3. The molecule has 3 heterocycles. The molecule has 3 aromatic carbocycles. The minimum atomic E-state index is -0.486. The highest BCUT2D eigenvalue weighted by atomic mass is 19.1. The third-order valence-electron chi connectivity index (χ3n) is 5.78. The first-order valence-corrected chi connectivity index (χ1v) is 10.2. The second-order valence-corrected chi connectivity index (χ2v) is 7.60. The topological polar surface area (TPSA) is 54.5 Å². The van der Waals surface area contributed by atoms with Crippen molar-refractivity contribution in [1.29, 1.82) is 5.26 Å². The highest BCUT2D eigenvalue weighted by molar-refractivity contribution is 6.16. The van der Waals surface area contributed by atoms with Gasteiger partial charge in [-0.3, -0.25) is 4.98 Å². The number of rotatable bonds is 2. The molecule has 150 valence electrons. The highest BCUT2D eigenvalue weighted by Gasteiger charge is 2.18. The fourth-order valence-corrected chi connectivity index (χ4v) is 4.42. The van der Waals surface area contributed by atoms with Crippen LogP contribution < -0.4 is 0 Å². The van der Waals surface area contributed by atoms with E-state index >= 15 is 0 Å². The predicted molar refractivity (Wildman–Crippen MR) is 124 cm³/mol. The van der Waals surface area contributed by atoms with Crippen LogP contribution >= 0.6 is 0 Å². The molecule has 6 aromatic rings. The lowest BCUT2D eigenvalue weighted by atomic mass is 9.99. The fourth-order valence-electron chi connectivity index (χ4n) is 4.42. The maximum absolute atomic E-state index is 14.2. The normalized spacial score (nSPS) is 11.2. The van der Waals surface area contributed by atoms with Crippen molar-refractivity contribution in [3.63, 3.8) is 0 Å². The molecule has 5 heteroatoms. The van der Waals surface area contributed by atoms with E-state index in [1.54, 1.807) is 0 Å². The fraction of sp³-hybridized carbons (Fsp3) is 0. The zero-order chi connectivity index (χ0) is 21.7. The van der Waals surface area contributed by atoms with Gasteiger partial charge in [-0.1, -0.05) is 48.5 Å². The Balaban J connectivity index is 1.74. The zero-order valence-corrected chi connectivity index (χ0v) is 16.8. The largest absolute Gasteiger partial charge is 0.306 e. The van der Waals surface area contributed by atoms with Crippen LogP contribution in [0.5, 0.6) is 0 Å². The van der Waals surface area contributed by atoms with Crippen molar-refractivity contribution < 1.29 is 4.39 Å². The number of nitriles is 1. The van der Waals surface area contributed by atoms with Crippen molar-refractivity contribution in [3.05, 3.63) is 103 Å². The van der Waals surface area contributed by atoms with Crippen LogP contribution in [-0.4, -0.2) is 14.5 Å². The summed E-state index contributed by atoms with van der Waals surface area (Å²) >= 11 is 0. The monoisotopic (exact) mass is 414 g/mol.